The average Bonchev–Trinajstić information content (AvgIpc) is 2.83. The summed E-state index contributed by atoms with van der Waals surface area (Å²) in [7, 11) is 1.71. The third kappa shape index (κ3) is 1.98. The van der Waals surface area contributed by atoms with Crippen molar-refractivity contribution in [2.45, 2.75) is 5.03 Å². The topological polar surface area (TPSA) is 35.3 Å². The number of ether oxygens (including phenoxy) is 1. The predicted octanol–water partition coefficient (Wildman–Crippen LogP) is 3.72. The second-order valence-corrected chi connectivity index (χ2v) is 5.07. The number of nitrogens with zero attached hydrogens (tertiary/aromatic N) is 1. The van der Waals surface area contributed by atoms with E-state index in [1.165, 1.54) is 10.8 Å². The van der Waals surface area contributed by atoms with Gasteiger partial charge >= 0.3 is 0 Å². The summed E-state index contributed by atoms with van der Waals surface area (Å²) < 4.78 is 10.4. The first-order chi connectivity index (χ1) is 8.90. The van der Waals surface area contributed by atoms with E-state index in [4.69, 9.17) is 9.26 Å². The summed E-state index contributed by atoms with van der Waals surface area (Å²) in [5.74, 6) is 0.876. The van der Waals surface area contributed by atoms with Crippen molar-refractivity contribution in [3.63, 3.8) is 0 Å². The Morgan fingerprint density at radius 2 is 2.11 bits per heavy atom. The van der Waals surface area contributed by atoms with Gasteiger partial charge in [0.05, 0.1) is 12.0 Å². The largest absolute Gasteiger partial charge is 0.384 e. The van der Waals surface area contributed by atoms with Crippen LogP contribution in [0.4, 0.5) is 0 Å². The van der Waals surface area contributed by atoms with Crippen LogP contribution in [0.2, 0.25) is 0 Å². The van der Waals surface area contributed by atoms with Gasteiger partial charge < -0.3 is 9.26 Å². The molecule has 2 aromatic carbocycles. The van der Waals surface area contributed by atoms with Crippen LogP contribution in [0.5, 0.6) is 0 Å². The molecule has 3 nitrogen and oxygen atoms in total. The molecule has 0 unspecified atom stereocenters. The maximum Gasteiger partial charge on any atom is 0.168 e. The van der Waals surface area contributed by atoms with Crippen molar-refractivity contribution < 1.29 is 9.26 Å². The van der Waals surface area contributed by atoms with Gasteiger partial charge in [0.15, 0.2) is 5.58 Å². The highest BCUT2D eigenvalue weighted by molar-refractivity contribution is 7.99. The first-order valence-electron chi connectivity index (χ1n) is 5.79. The van der Waals surface area contributed by atoms with Crippen molar-refractivity contribution in [1.82, 2.24) is 5.16 Å². The molecule has 18 heavy (non-hydrogen) atoms. The molecule has 0 aliphatic carbocycles. The summed E-state index contributed by atoms with van der Waals surface area (Å²) >= 11 is 1.67. The number of rotatable bonds is 4. The van der Waals surface area contributed by atoms with Crippen molar-refractivity contribution in [2.75, 3.05) is 19.5 Å². The normalized spacial score (nSPS) is 11.4. The molecule has 4 heteroatoms. The lowest BCUT2D eigenvalue weighted by atomic mass is 10.1. The van der Waals surface area contributed by atoms with Gasteiger partial charge in [-0.2, -0.15) is 0 Å². The Hall–Kier alpha value is -1.52. The number of methoxy groups -OCH3 is 1. The molecule has 0 spiro atoms. The highest BCUT2D eigenvalue weighted by atomic mass is 32.2. The molecular formula is C14H13NO2S. The fourth-order valence-corrected chi connectivity index (χ4v) is 2.89. The van der Waals surface area contributed by atoms with E-state index in [1.807, 2.05) is 18.2 Å². The summed E-state index contributed by atoms with van der Waals surface area (Å²) in [5, 5.41) is 8.60. The van der Waals surface area contributed by atoms with Crippen molar-refractivity contribution in [2.24, 2.45) is 0 Å². The Morgan fingerprint density at radius 1 is 1.22 bits per heavy atom. The molecule has 0 amide bonds. The van der Waals surface area contributed by atoms with Gasteiger partial charge in [-0.3, -0.25) is 0 Å². The van der Waals surface area contributed by atoms with E-state index in [-0.39, 0.29) is 0 Å². The summed E-state index contributed by atoms with van der Waals surface area (Å²) in [6, 6.07) is 12.3. The summed E-state index contributed by atoms with van der Waals surface area (Å²) in [5.41, 5.74) is 0.841. The second kappa shape index (κ2) is 5.00. The quantitative estimate of drug-likeness (QED) is 0.528. The zero-order valence-electron chi connectivity index (χ0n) is 10.1. The van der Waals surface area contributed by atoms with Crippen LogP contribution in [0.3, 0.4) is 0 Å². The van der Waals surface area contributed by atoms with Crippen LogP contribution in [0.15, 0.2) is 45.9 Å². The second-order valence-electron chi connectivity index (χ2n) is 3.99. The predicted molar refractivity (Wildman–Crippen MR) is 74.1 cm³/mol. The van der Waals surface area contributed by atoms with Crippen molar-refractivity contribution >= 4 is 33.5 Å². The molecule has 0 radical (unpaired) electrons. The molecule has 92 valence electrons. The van der Waals surface area contributed by atoms with Crippen LogP contribution in [-0.4, -0.2) is 24.6 Å². The Labute approximate surface area is 109 Å². The van der Waals surface area contributed by atoms with Crippen molar-refractivity contribution in [3.8, 4) is 0 Å². The number of fused-ring (bicyclic) bond motifs is 3. The fraction of sp³-hybridized carbons (Fsp3) is 0.214. The molecule has 0 N–H and O–H groups in total. The van der Waals surface area contributed by atoms with E-state index in [1.54, 1.807) is 18.9 Å². The molecule has 0 atom stereocenters. The fourth-order valence-electron chi connectivity index (χ4n) is 2.00. The molecule has 0 aliphatic heterocycles. The zero-order valence-corrected chi connectivity index (χ0v) is 10.9. The van der Waals surface area contributed by atoms with Crippen LogP contribution >= 0.6 is 11.8 Å². The number of aromatic nitrogens is 1. The number of hydrogen-bond acceptors (Lipinski definition) is 4. The highest BCUT2D eigenvalue weighted by Gasteiger charge is 2.11. The summed E-state index contributed by atoms with van der Waals surface area (Å²) in [6.45, 7) is 0.712. The number of thioether (sulfide) groups is 1. The first kappa shape index (κ1) is 11.6. The van der Waals surface area contributed by atoms with E-state index >= 15 is 0 Å². The minimum absolute atomic E-state index is 0.712. The zero-order chi connectivity index (χ0) is 12.4. The van der Waals surface area contributed by atoms with Crippen molar-refractivity contribution in [3.05, 3.63) is 36.4 Å². The summed E-state index contributed by atoms with van der Waals surface area (Å²) in [4.78, 5) is 0. The van der Waals surface area contributed by atoms with Gasteiger partial charge in [-0.1, -0.05) is 47.3 Å². The van der Waals surface area contributed by atoms with E-state index < -0.39 is 0 Å². The van der Waals surface area contributed by atoms with Crippen LogP contribution in [0.25, 0.3) is 21.7 Å². The molecule has 3 rings (SSSR count). The minimum atomic E-state index is 0.712. The minimum Gasteiger partial charge on any atom is -0.384 e. The lowest BCUT2D eigenvalue weighted by molar-refractivity contribution is 0.218. The standard InChI is InChI=1S/C14H13NO2S/c1-16-8-9-18-14-13-11-5-3-2-4-10(11)6-7-12(13)17-15-14/h2-7H,8-9H2,1H3. The first-order valence-corrected chi connectivity index (χ1v) is 6.77. The summed E-state index contributed by atoms with van der Waals surface area (Å²) in [6.07, 6.45) is 0. The Morgan fingerprint density at radius 3 is 3.00 bits per heavy atom. The Kier molecular flexibility index (Phi) is 3.21. The smallest absolute Gasteiger partial charge is 0.168 e. The van der Waals surface area contributed by atoms with E-state index in [2.05, 4.69) is 23.4 Å². The third-order valence-electron chi connectivity index (χ3n) is 2.86. The van der Waals surface area contributed by atoms with E-state index in [9.17, 15) is 0 Å². The molecule has 0 bridgehead atoms. The highest BCUT2D eigenvalue weighted by Crippen LogP contribution is 2.33. The van der Waals surface area contributed by atoms with Crippen LogP contribution < -0.4 is 0 Å². The van der Waals surface area contributed by atoms with Crippen molar-refractivity contribution in [1.29, 1.82) is 0 Å². The third-order valence-corrected chi connectivity index (χ3v) is 3.78. The maximum atomic E-state index is 5.38. The SMILES string of the molecule is COCCSc1noc2ccc3ccccc3c12. The molecule has 0 saturated heterocycles. The van der Waals surface area contributed by atoms with Gasteiger partial charge in [0, 0.05) is 12.9 Å². The lowest BCUT2D eigenvalue weighted by Crippen LogP contribution is -1.91. The molecule has 0 fully saturated rings. The van der Waals surface area contributed by atoms with E-state index in [0.717, 1.165) is 21.7 Å². The Bertz CT molecular complexity index is 678. The molecule has 1 heterocycles. The van der Waals surface area contributed by atoms with Crippen LogP contribution in [0.1, 0.15) is 0 Å². The number of hydrogen-bond donors (Lipinski definition) is 0. The van der Waals surface area contributed by atoms with Crippen LogP contribution in [-0.2, 0) is 4.74 Å². The van der Waals surface area contributed by atoms with Gasteiger partial charge in [0.25, 0.3) is 0 Å². The molecule has 1 aromatic heterocycles. The van der Waals surface area contributed by atoms with Gasteiger partial charge in [-0.15, -0.1) is 0 Å². The Balaban J connectivity index is 2.12. The lowest BCUT2D eigenvalue weighted by Gasteiger charge is -2.00. The molecular weight excluding hydrogens is 246 g/mol. The van der Waals surface area contributed by atoms with Gasteiger partial charge in [-0.05, 0) is 16.8 Å². The number of benzene rings is 2. The van der Waals surface area contributed by atoms with Gasteiger partial charge in [0.2, 0.25) is 0 Å². The monoisotopic (exact) mass is 259 g/mol. The molecule has 0 aliphatic rings. The van der Waals surface area contributed by atoms with Crippen LogP contribution in [0, 0.1) is 0 Å². The van der Waals surface area contributed by atoms with Gasteiger partial charge in [-0.25, -0.2) is 0 Å². The average molecular weight is 259 g/mol. The molecule has 3 aromatic rings. The maximum absolute atomic E-state index is 5.38. The molecule has 0 saturated carbocycles. The van der Waals surface area contributed by atoms with Gasteiger partial charge in [0.1, 0.15) is 5.03 Å². The van der Waals surface area contributed by atoms with E-state index in [0.29, 0.717) is 6.61 Å².